The van der Waals surface area contributed by atoms with Crippen LogP contribution in [0.3, 0.4) is 0 Å². The largest absolute Gasteiger partial charge is 0.450 e. The maximum absolute atomic E-state index is 14.7. The molecule has 0 N–H and O–H groups in total. The number of carbonyl (C=O) groups excluding carboxylic acids is 1. The van der Waals surface area contributed by atoms with Crippen LogP contribution in [0, 0.1) is 5.82 Å². The molecule has 4 aromatic rings. The number of fused-ring (bicyclic) bond motifs is 2. The molecule has 3 heterocycles. The van der Waals surface area contributed by atoms with Crippen LogP contribution in [0.25, 0.3) is 11.0 Å². The monoisotopic (exact) mass is 413 g/mol. The van der Waals surface area contributed by atoms with Crippen LogP contribution in [0.5, 0.6) is 0 Å². The van der Waals surface area contributed by atoms with Gasteiger partial charge in [0.2, 0.25) is 10.9 Å². The lowest BCUT2D eigenvalue weighted by Crippen LogP contribution is -2.30. The van der Waals surface area contributed by atoms with Gasteiger partial charge in [-0.3, -0.25) is 14.5 Å². The molecule has 0 aliphatic carbocycles. The number of hydrogen-bond acceptors (Lipinski definition) is 6. The molecule has 28 heavy (non-hydrogen) atoms. The average Bonchev–Trinajstić information content (AvgIpc) is 3.30. The Morgan fingerprint density at radius 3 is 2.75 bits per heavy atom. The summed E-state index contributed by atoms with van der Waals surface area (Å²) in [5.74, 6) is -1.26. The molecule has 0 fully saturated rings. The van der Waals surface area contributed by atoms with Crippen LogP contribution in [0.4, 0.5) is 9.52 Å². The van der Waals surface area contributed by atoms with Gasteiger partial charge in [0.1, 0.15) is 23.0 Å². The van der Waals surface area contributed by atoms with Gasteiger partial charge in [-0.05, 0) is 24.3 Å². The molecule has 1 amide bonds. The lowest BCUT2D eigenvalue weighted by atomic mass is 9.98. The standard InChI is InChI=1S/C19H9ClFN3O3S/c20-9-5-6-13-11(7-9)16(25)14-15(10-3-1-2-4-12(10)21)24(18(26)17(14)27-13)19-23-22-8-28-19/h1-8,15H/t15-/m0/s1. The van der Waals surface area contributed by atoms with Gasteiger partial charge in [0.25, 0.3) is 5.91 Å². The van der Waals surface area contributed by atoms with Gasteiger partial charge in [-0.25, -0.2) is 4.39 Å². The van der Waals surface area contributed by atoms with Gasteiger partial charge in [0, 0.05) is 10.6 Å². The lowest BCUT2D eigenvalue weighted by Gasteiger charge is -2.22. The van der Waals surface area contributed by atoms with Gasteiger partial charge in [0.05, 0.1) is 10.9 Å². The van der Waals surface area contributed by atoms with E-state index in [1.54, 1.807) is 12.1 Å². The summed E-state index contributed by atoms with van der Waals surface area (Å²) in [4.78, 5) is 27.7. The third kappa shape index (κ3) is 2.38. The van der Waals surface area contributed by atoms with Crippen LogP contribution in [-0.2, 0) is 0 Å². The van der Waals surface area contributed by atoms with E-state index in [1.165, 1.54) is 40.7 Å². The maximum Gasteiger partial charge on any atom is 0.297 e. The smallest absolute Gasteiger partial charge is 0.297 e. The molecule has 1 aliphatic heterocycles. The fraction of sp³-hybridized carbons (Fsp3) is 0.0526. The van der Waals surface area contributed by atoms with E-state index in [9.17, 15) is 14.0 Å². The molecule has 0 spiro atoms. The first-order valence-corrected chi connectivity index (χ1v) is 9.42. The zero-order chi connectivity index (χ0) is 19.4. The molecular formula is C19H9ClFN3O3S. The molecule has 0 radical (unpaired) electrons. The quantitative estimate of drug-likeness (QED) is 0.492. The van der Waals surface area contributed by atoms with Gasteiger partial charge >= 0.3 is 0 Å². The second kappa shape index (κ2) is 6.22. The van der Waals surface area contributed by atoms with Crippen molar-refractivity contribution in [1.29, 1.82) is 0 Å². The number of benzene rings is 2. The van der Waals surface area contributed by atoms with Crippen LogP contribution >= 0.6 is 22.9 Å². The molecule has 1 atom stereocenters. The van der Waals surface area contributed by atoms with Gasteiger partial charge in [0.15, 0.2) is 5.43 Å². The number of nitrogens with zero attached hydrogens (tertiary/aromatic N) is 3. The van der Waals surface area contributed by atoms with E-state index in [4.69, 9.17) is 16.0 Å². The summed E-state index contributed by atoms with van der Waals surface area (Å²) in [6.07, 6.45) is 0. The van der Waals surface area contributed by atoms with Crippen LogP contribution in [-0.4, -0.2) is 16.1 Å². The van der Waals surface area contributed by atoms with Crippen molar-refractivity contribution >= 4 is 44.9 Å². The third-order valence-corrected chi connectivity index (χ3v) is 5.51. The van der Waals surface area contributed by atoms with Crippen LogP contribution in [0.2, 0.25) is 5.02 Å². The minimum Gasteiger partial charge on any atom is -0.450 e. The Hall–Kier alpha value is -3.10. The first-order chi connectivity index (χ1) is 13.6. The Bertz CT molecular complexity index is 1310. The van der Waals surface area contributed by atoms with Gasteiger partial charge in [-0.2, -0.15) is 0 Å². The minimum absolute atomic E-state index is 0.0556. The molecule has 0 bridgehead atoms. The number of carbonyl (C=O) groups is 1. The molecule has 0 saturated heterocycles. The molecule has 2 aromatic heterocycles. The highest BCUT2D eigenvalue weighted by molar-refractivity contribution is 7.13. The zero-order valence-electron chi connectivity index (χ0n) is 13.9. The summed E-state index contributed by atoms with van der Waals surface area (Å²) >= 11 is 7.13. The molecule has 5 rings (SSSR count). The Kier molecular flexibility index (Phi) is 3.78. The molecule has 6 nitrogen and oxygen atoms in total. The summed E-state index contributed by atoms with van der Waals surface area (Å²) < 4.78 is 20.4. The number of amides is 1. The van der Waals surface area contributed by atoms with Crippen molar-refractivity contribution < 1.29 is 13.6 Å². The summed E-state index contributed by atoms with van der Waals surface area (Å²) in [7, 11) is 0. The topological polar surface area (TPSA) is 76.3 Å². The van der Waals surface area contributed by atoms with Gasteiger partial charge < -0.3 is 4.42 Å². The Labute approximate surface area is 165 Å². The van der Waals surface area contributed by atoms with Crippen LogP contribution < -0.4 is 10.3 Å². The number of hydrogen-bond donors (Lipinski definition) is 0. The number of anilines is 1. The van der Waals surface area contributed by atoms with Crippen molar-refractivity contribution in [3.8, 4) is 0 Å². The number of halogens is 2. The van der Waals surface area contributed by atoms with Crippen molar-refractivity contribution in [2.24, 2.45) is 0 Å². The predicted molar refractivity (Wildman–Crippen MR) is 102 cm³/mol. The Balaban J connectivity index is 1.87. The number of rotatable bonds is 2. The highest BCUT2D eigenvalue weighted by Crippen LogP contribution is 2.42. The van der Waals surface area contributed by atoms with E-state index in [1.807, 2.05) is 0 Å². The van der Waals surface area contributed by atoms with E-state index < -0.39 is 23.2 Å². The summed E-state index contributed by atoms with van der Waals surface area (Å²) in [6, 6.07) is 9.52. The van der Waals surface area contributed by atoms with E-state index in [0.717, 1.165) is 11.3 Å². The van der Waals surface area contributed by atoms with Crippen molar-refractivity contribution in [2.75, 3.05) is 4.90 Å². The SMILES string of the molecule is O=C1c2oc3ccc(Cl)cc3c(=O)c2[C@H](c2ccccc2F)N1c1nncs1. The highest BCUT2D eigenvalue weighted by Gasteiger charge is 2.45. The predicted octanol–water partition coefficient (Wildman–Crippen LogP) is 4.19. The van der Waals surface area contributed by atoms with Crippen LogP contribution in [0.1, 0.15) is 27.7 Å². The normalized spacial score (nSPS) is 16.0. The van der Waals surface area contributed by atoms with Gasteiger partial charge in [-0.15, -0.1) is 10.2 Å². The van der Waals surface area contributed by atoms with E-state index in [-0.39, 0.29) is 33.0 Å². The molecule has 0 saturated carbocycles. The van der Waals surface area contributed by atoms with Crippen LogP contribution in [0.15, 0.2) is 57.2 Å². The number of aromatic nitrogens is 2. The first kappa shape index (κ1) is 17.0. The van der Waals surface area contributed by atoms with E-state index in [0.29, 0.717) is 5.02 Å². The fourth-order valence-corrected chi connectivity index (χ4v) is 4.16. The summed E-state index contributed by atoms with van der Waals surface area (Å²) in [5, 5.41) is 8.51. The van der Waals surface area contributed by atoms with E-state index >= 15 is 0 Å². The summed E-state index contributed by atoms with van der Waals surface area (Å²) in [6.45, 7) is 0. The summed E-state index contributed by atoms with van der Waals surface area (Å²) in [5.41, 5.74) is 1.47. The molecule has 138 valence electrons. The highest BCUT2D eigenvalue weighted by atomic mass is 35.5. The zero-order valence-corrected chi connectivity index (χ0v) is 15.5. The second-order valence-corrected chi connectivity index (χ2v) is 7.38. The van der Waals surface area contributed by atoms with Crippen molar-refractivity contribution in [3.63, 3.8) is 0 Å². The molecule has 9 heteroatoms. The van der Waals surface area contributed by atoms with E-state index in [2.05, 4.69) is 10.2 Å². The first-order valence-electron chi connectivity index (χ1n) is 8.16. The average molecular weight is 414 g/mol. The second-order valence-electron chi connectivity index (χ2n) is 6.13. The molecule has 1 aliphatic rings. The Morgan fingerprint density at radius 2 is 2.00 bits per heavy atom. The lowest BCUT2D eigenvalue weighted by molar-refractivity contribution is 0.0970. The maximum atomic E-state index is 14.7. The third-order valence-electron chi connectivity index (χ3n) is 4.59. The van der Waals surface area contributed by atoms with Crippen molar-refractivity contribution in [1.82, 2.24) is 10.2 Å². The minimum atomic E-state index is -1.02. The molecule has 0 unspecified atom stereocenters. The van der Waals surface area contributed by atoms with Gasteiger partial charge in [-0.1, -0.05) is 41.1 Å². The molecule has 2 aromatic carbocycles. The fourth-order valence-electron chi connectivity index (χ4n) is 3.41. The Morgan fingerprint density at radius 1 is 1.18 bits per heavy atom. The molecular weight excluding hydrogens is 405 g/mol. The van der Waals surface area contributed by atoms with Crippen molar-refractivity contribution in [3.05, 3.63) is 85.9 Å². The van der Waals surface area contributed by atoms with Crippen molar-refractivity contribution in [2.45, 2.75) is 6.04 Å².